The van der Waals surface area contributed by atoms with Crippen molar-refractivity contribution < 1.29 is 14.3 Å². The van der Waals surface area contributed by atoms with Crippen LogP contribution >= 0.6 is 0 Å². The van der Waals surface area contributed by atoms with Crippen LogP contribution in [0.3, 0.4) is 0 Å². The van der Waals surface area contributed by atoms with E-state index in [1.54, 1.807) is 12.3 Å². The summed E-state index contributed by atoms with van der Waals surface area (Å²) in [5.74, 6) is -0.975. The minimum atomic E-state index is -0.516. The Labute approximate surface area is 109 Å². The lowest BCUT2D eigenvalue weighted by Crippen LogP contribution is -2.12. The number of phenols is 1. The molecule has 5 heteroatoms. The number of nitrogens with one attached hydrogen (secondary N) is 1. The Bertz CT molecular complexity index is 573. The van der Waals surface area contributed by atoms with Gasteiger partial charge in [0.15, 0.2) is 0 Å². The van der Waals surface area contributed by atoms with Crippen molar-refractivity contribution in [3.05, 3.63) is 54.1 Å². The molecule has 0 aliphatic heterocycles. The fourth-order valence-corrected chi connectivity index (χ4v) is 1.61. The minimum absolute atomic E-state index is 0.0750. The number of aromatic nitrogens is 1. The van der Waals surface area contributed by atoms with E-state index < -0.39 is 5.82 Å². The average molecular weight is 260 g/mol. The summed E-state index contributed by atoms with van der Waals surface area (Å²) in [6.45, 7) is 0. The van der Waals surface area contributed by atoms with Crippen molar-refractivity contribution >= 4 is 11.6 Å². The monoisotopic (exact) mass is 260 g/mol. The third-order valence-corrected chi connectivity index (χ3v) is 2.57. The number of pyridine rings is 1. The Hall–Kier alpha value is -2.43. The van der Waals surface area contributed by atoms with Crippen molar-refractivity contribution in [1.29, 1.82) is 0 Å². The third kappa shape index (κ3) is 3.77. The quantitative estimate of drug-likeness (QED) is 0.830. The highest BCUT2D eigenvalue weighted by Gasteiger charge is 2.08. The summed E-state index contributed by atoms with van der Waals surface area (Å²) in [4.78, 5) is 15.8. The summed E-state index contributed by atoms with van der Waals surface area (Å²) in [7, 11) is 0. The molecule has 98 valence electrons. The Morgan fingerprint density at radius 3 is 2.89 bits per heavy atom. The number of carbonyl (C=O) groups excluding carboxylic acids is 1. The first-order valence-electron chi connectivity index (χ1n) is 5.83. The maximum atomic E-state index is 13.0. The number of phenolic OH excluding ortho intramolecular Hbond substituents is 1. The molecule has 0 spiro atoms. The fraction of sp³-hybridized carbons (Fsp3) is 0.143. The van der Waals surface area contributed by atoms with E-state index in [0.29, 0.717) is 6.42 Å². The van der Waals surface area contributed by atoms with Crippen LogP contribution in [0.5, 0.6) is 5.75 Å². The normalized spacial score (nSPS) is 10.2. The maximum absolute atomic E-state index is 13.0. The second-order valence-corrected chi connectivity index (χ2v) is 4.03. The van der Waals surface area contributed by atoms with E-state index in [1.165, 1.54) is 6.07 Å². The smallest absolute Gasteiger partial charge is 0.224 e. The number of halogens is 1. The van der Waals surface area contributed by atoms with E-state index in [-0.39, 0.29) is 23.8 Å². The summed E-state index contributed by atoms with van der Waals surface area (Å²) >= 11 is 0. The number of aromatic hydroxyl groups is 1. The van der Waals surface area contributed by atoms with Crippen LogP contribution in [0.1, 0.15) is 12.1 Å². The Morgan fingerprint density at radius 1 is 1.32 bits per heavy atom. The van der Waals surface area contributed by atoms with Crippen molar-refractivity contribution in [1.82, 2.24) is 4.98 Å². The van der Waals surface area contributed by atoms with Gasteiger partial charge in [0.2, 0.25) is 5.91 Å². The van der Waals surface area contributed by atoms with Gasteiger partial charge in [0.1, 0.15) is 11.6 Å². The zero-order chi connectivity index (χ0) is 13.7. The van der Waals surface area contributed by atoms with Gasteiger partial charge in [-0.1, -0.05) is 6.07 Å². The molecule has 2 aromatic rings. The average Bonchev–Trinajstić information content (AvgIpc) is 2.42. The van der Waals surface area contributed by atoms with Gasteiger partial charge < -0.3 is 10.4 Å². The number of amides is 1. The number of rotatable bonds is 4. The van der Waals surface area contributed by atoms with Gasteiger partial charge in [-0.05, 0) is 30.7 Å². The largest absolute Gasteiger partial charge is 0.506 e. The number of nitrogens with zero attached hydrogens (tertiary/aromatic N) is 1. The molecular weight excluding hydrogens is 247 g/mol. The van der Waals surface area contributed by atoms with Crippen LogP contribution in [0.2, 0.25) is 0 Å². The van der Waals surface area contributed by atoms with Crippen molar-refractivity contribution in [2.45, 2.75) is 12.8 Å². The molecule has 19 heavy (non-hydrogen) atoms. The molecule has 2 N–H and O–H groups in total. The molecule has 0 aliphatic rings. The zero-order valence-electron chi connectivity index (χ0n) is 10.1. The molecule has 1 heterocycles. The molecule has 0 atom stereocenters. The van der Waals surface area contributed by atoms with Crippen molar-refractivity contribution in [3.8, 4) is 5.75 Å². The highest BCUT2D eigenvalue weighted by molar-refractivity contribution is 5.92. The molecule has 0 fully saturated rings. The zero-order valence-corrected chi connectivity index (χ0v) is 10.1. The molecule has 1 aromatic heterocycles. The standard InChI is InChI=1S/C14H13FN2O2/c15-10-4-6-13(18)12(9-10)17-14(19)7-5-11-3-1-2-8-16-11/h1-4,6,8-9,18H,5,7H2,(H,17,19). The lowest BCUT2D eigenvalue weighted by Gasteiger charge is -2.07. The van der Waals surface area contributed by atoms with Crippen molar-refractivity contribution in [2.75, 3.05) is 5.32 Å². The van der Waals surface area contributed by atoms with Crippen molar-refractivity contribution in [2.24, 2.45) is 0 Å². The number of hydrogen-bond donors (Lipinski definition) is 2. The van der Waals surface area contributed by atoms with Crippen LogP contribution in [0, 0.1) is 5.82 Å². The minimum Gasteiger partial charge on any atom is -0.506 e. The maximum Gasteiger partial charge on any atom is 0.224 e. The molecule has 0 aliphatic carbocycles. The summed E-state index contributed by atoms with van der Waals surface area (Å²) in [5, 5.41) is 11.9. The van der Waals surface area contributed by atoms with Crippen LogP contribution in [0.4, 0.5) is 10.1 Å². The van der Waals surface area contributed by atoms with E-state index in [4.69, 9.17) is 0 Å². The van der Waals surface area contributed by atoms with Gasteiger partial charge in [-0.15, -0.1) is 0 Å². The second kappa shape index (κ2) is 5.95. The molecule has 4 nitrogen and oxygen atoms in total. The number of benzene rings is 1. The van der Waals surface area contributed by atoms with Crippen LogP contribution in [0.25, 0.3) is 0 Å². The van der Waals surface area contributed by atoms with Gasteiger partial charge >= 0.3 is 0 Å². The molecule has 0 unspecified atom stereocenters. The predicted octanol–water partition coefficient (Wildman–Crippen LogP) is 2.50. The van der Waals surface area contributed by atoms with Gasteiger partial charge in [-0.25, -0.2) is 4.39 Å². The van der Waals surface area contributed by atoms with Crippen LogP contribution < -0.4 is 5.32 Å². The highest BCUT2D eigenvalue weighted by Crippen LogP contribution is 2.23. The van der Waals surface area contributed by atoms with Gasteiger partial charge in [-0.2, -0.15) is 0 Å². The molecule has 0 radical (unpaired) electrons. The molecule has 0 saturated carbocycles. The molecule has 1 amide bonds. The Morgan fingerprint density at radius 2 is 2.16 bits per heavy atom. The molecule has 1 aromatic carbocycles. The lowest BCUT2D eigenvalue weighted by molar-refractivity contribution is -0.116. The first kappa shape index (κ1) is 13.0. The summed E-state index contributed by atoms with van der Waals surface area (Å²) in [6, 6.07) is 8.87. The first-order valence-corrected chi connectivity index (χ1v) is 5.83. The van der Waals surface area contributed by atoms with Crippen LogP contribution in [-0.2, 0) is 11.2 Å². The van der Waals surface area contributed by atoms with Gasteiger partial charge in [0, 0.05) is 24.4 Å². The number of carbonyl (C=O) groups is 1. The van der Waals surface area contributed by atoms with Gasteiger partial charge in [-0.3, -0.25) is 9.78 Å². The predicted molar refractivity (Wildman–Crippen MR) is 69.3 cm³/mol. The van der Waals surface area contributed by atoms with Gasteiger partial charge in [0.25, 0.3) is 0 Å². The Balaban J connectivity index is 1.93. The Kier molecular flexibility index (Phi) is 4.07. The SMILES string of the molecule is O=C(CCc1ccccn1)Nc1cc(F)ccc1O. The van der Waals surface area contributed by atoms with Gasteiger partial charge in [0.05, 0.1) is 5.69 Å². The van der Waals surface area contributed by atoms with E-state index in [1.807, 2.05) is 12.1 Å². The number of aryl methyl sites for hydroxylation is 1. The molecule has 0 bridgehead atoms. The number of hydrogen-bond acceptors (Lipinski definition) is 3. The molecular formula is C14H13FN2O2. The van der Waals surface area contributed by atoms with E-state index in [9.17, 15) is 14.3 Å². The topological polar surface area (TPSA) is 62.2 Å². The van der Waals surface area contributed by atoms with E-state index in [2.05, 4.69) is 10.3 Å². The van der Waals surface area contributed by atoms with Crippen molar-refractivity contribution in [3.63, 3.8) is 0 Å². The molecule has 0 saturated heterocycles. The summed E-state index contributed by atoms with van der Waals surface area (Å²) in [6.07, 6.45) is 2.36. The number of anilines is 1. The second-order valence-electron chi connectivity index (χ2n) is 4.03. The molecule has 2 rings (SSSR count). The summed E-state index contributed by atoms with van der Waals surface area (Å²) < 4.78 is 13.0. The van der Waals surface area contributed by atoms with Crippen LogP contribution in [0.15, 0.2) is 42.6 Å². The fourth-order valence-electron chi connectivity index (χ4n) is 1.61. The summed E-state index contributed by atoms with van der Waals surface area (Å²) in [5.41, 5.74) is 0.882. The van der Waals surface area contributed by atoms with Crippen LogP contribution in [-0.4, -0.2) is 16.0 Å². The lowest BCUT2D eigenvalue weighted by atomic mass is 10.2. The first-order chi connectivity index (χ1) is 9.15. The highest BCUT2D eigenvalue weighted by atomic mass is 19.1. The van der Waals surface area contributed by atoms with E-state index >= 15 is 0 Å². The third-order valence-electron chi connectivity index (χ3n) is 2.57. The van der Waals surface area contributed by atoms with E-state index in [0.717, 1.165) is 17.8 Å².